The average Bonchev–Trinajstić information content (AvgIpc) is 2.89. The summed E-state index contributed by atoms with van der Waals surface area (Å²) >= 11 is 0. The third-order valence-corrected chi connectivity index (χ3v) is 5.15. The zero-order valence-corrected chi connectivity index (χ0v) is 10.2. The van der Waals surface area contributed by atoms with Gasteiger partial charge in [0.2, 0.25) is 0 Å². The summed E-state index contributed by atoms with van der Waals surface area (Å²) in [5, 5.41) is 0. The van der Waals surface area contributed by atoms with E-state index in [9.17, 15) is 4.79 Å². The number of hydrogen-bond acceptors (Lipinski definition) is 2. The topological polar surface area (TPSA) is 29.6 Å². The fraction of sp³-hybridized carbons (Fsp3) is 0.786. The number of rotatable bonds is 1. The number of carbonyl (C=O) groups excluding carboxylic acids is 1. The van der Waals surface area contributed by atoms with Gasteiger partial charge in [0.15, 0.2) is 11.4 Å². The maximum Gasteiger partial charge on any atom is 0.164 e. The van der Waals surface area contributed by atoms with E-state index in [0.717, 1.165) is 19.3 Å². The number of carbonyl (C=O) groups is 1. The van der Waals surface area contributed by atoms with E-state index in [4.69, 9.17) is 4.74 Å². The van der Waals surface area contributed by atoms with E-state index in [1.165, 1.54) is 18.4 Å². The molecule has 0 radical (unpaired) electrons. The van der Waals surface area contributed by atoms with Crippen molar-refractivity contribution in [3.05, 3.63) is 12.2 Å². The Balaban J connectivity index is 1.91. The van der Waals surface area contributed by atoms with Gasteiger partial charge in [0.05, 0.1) is 6.10 Å². The van der Waals surface area contributed by atoms with Crippen molar-refractivity contribution >= 4 is 5.78 Å². The largest absolute Gasteiger partial charge is 0.358 e. The molecule has 0 bridgehead atoms. The van der Waals surface area contributed by atoms with E-state index in [1.807, 2.05) is 0 Å². The molecule has 0 N–H and O–H groups in total. The van der Waals surface area contributed by atoms with Crippen LogP contribution in [-0.2, 0) is 9.53 Å². The van der Waals surface area contributed by atoms with E-state index in [1.54, 1.807) is 6.92 Å². The fourth-order valence-corrected chi connectivity index (χ4v) is 3.98. The quantitative estimate of drug-likeness (QED) is 0.502. The first-order chi connectivity index (χ1) is 7.48. The second-order valence-electron chi connectivity index (χ2n) is 6.18. The van der Waals surface area contributed by atoms with E-state index < -0.39 is 5.60 Å². The molecule has 1 unspecified atom stereocenters. The Labute approximate surface area is 97.1 Å². The number of ketones is 1. The first-order valence-electron chi connectivity index (χ1n) is 6.34. The predicted octanol–water partition coefficient (Wildman–Crippen LogP) is 2.87. The number of epoxide rings is 1. The zero-order chi connectivity index (χ0) is 11.6. The number of hydrogen-bond donors (Lipinski definition) is 0. The lowest BCUT2D eigenvalue weighted by molar-refractivity contribution is -0.123. The van der Waals surface area contributed by atoms with Gasteiger partial charge in [0, 0.05) is 0 Å². The maximum atomic E-state index is 11.7. The van der Waals surface area contributed by atoms with Crippen molar-refractivity contribution in [2.24, 2.45) is 11.3 Å². The van der Waals surface area contributed by atoms with E-state index >= 15 is 0 Å². The van der Waals surface area contributed by atoms with Crippen molar-refractivity contribution in [2.75, 3.05) is 0 Å². The molecule has 3 rings (SSSR count). The Morgan fingerprint density at radius 1 is 1.50 bits per heavy atom. The highest BCUT2D eigenvalue weighted by atomic mass is 16.6. The molecule has 2 saturated carbocycles. The van der Waals surface area contributed by atoms with Gasteiger partial charge in [0.25, 0.3) is 0 Å². The number of ether oxygens (including phenoxy) is 1. The first-order valence-corrected chi connectivity index (χ1v) is 6.34. The lowest BCUT2D eigenvalue weighted by Crippen LogP contribution is -2.44. The van der Waals surface area contributed by atoms with Crippen LogP contribution in [0.5, 0.6) is 0 Å². The highest BCUT2D eigenvalue weighted by Crippen LogP contribution is 2.62. The molecule has 0 aromatic heterocycles. The highest BCUT2D eigenvalue weighted by molar-refractivity contribution is 5.88. The number of Topliss-reactive ketones (excluding diaryl/α,β-unsaturated/α-hetero) is 1. The summed E-state index contributed by atoms with van der Waals surface area (Å²) in [4.78, 5) is 11.7. The predicted molar refractivity (Wildman–Crippen MR) is 62.1 cm³/mol. The van der Waals surface area contributed by atoms with Gasteiger partial charge in [0.1, 0.15) is 0 Å². The van der Waals surface area contributed by atoms with Gasteiger partial charge < -0.3 is 4.74 Å². The van der Waals surface area contributed by atoms with E-state index in [0.29, 0.717) is 11.3 Å². The summed E-state index contributed by atoms with van der Waals surface area (Å²) in [6, 6.07) is 0. The van der Waals surface area contributed by atoms with Crippen LogP contribution in [0, 0.1) is 11.3 Å². The molecule has 0 aromatic carbocycles. The van der Waals surface area contributed by atoms with E-state index in [2.05, 4.69) is 13.5 Å². The number of allylic oxidation sites excluding steroid dienone is 1. The molecule has 2 heteroatoms. The molecular weight excluding hydrogens is 200 g/mol. The summed E-state index contributed by atoms with van der Waals surface area (Å²) in [6.45, 7) is 8.25. The minimum atomic E-state index is -0.412. The van der Waals surface area contributed by atoms with Gasteiger partial charge in [-0.25, -0.2) is 0 Å². The smallest absolute Gasteiger partial charge is 0.164 e. The van der Waals surface area contributed by atoms with Gasteiger partial charge in [-0.1, -0.05) is 19.1 Å². The van der Waals surface area contributed by atoms with Crippen molar-refractivity contribution in [2.45, 2.75) is 57.7 Å². The fourth-order valence-electron chi connectivity index (χ4n) is 3.98. The normalized spacial score (nSPS) is 50.5. The Kier molecular flexibility index (Phi) is 1.96. The van der Waals surface area contributed by atoms with Gasteiger partial charge in [-0.2, -0.15) is 0 Å². The second kappa shape index (κ2) is 2.98. The zero-order valence-electron chi connectivity index (χ0n) is 10.2. The Hall–Kier alpha value is -0.630. The van der Waals surface area contributed by atoms with Crippen LogP contribution in [0.25, 0.3) is 0 Å². The Bertz CT molecular complexity index is 373. The van der Waals surface area contributed by atoms with Gasteiger partial charge in [-0.15, -0.1) is 0 Å². The van der Waals surface area contributed by atoms with Crippen LogP contribution in [0.4, 0.5) is 0 Å². The molecule has 3 aliphatic rings. The molecule has 1 heterocycles. The van der Waals surface area contributed by atoms with Crippen LogP contribution in [0.3, 0.4) is 0 Å². The molecule has 16 heavy (non-hydrogen) atoms. The van der Waals surface area contributed by atoms with Crippen LogP contribution >= 0.6 is 0 Å². The van der Waals surface area contributed by atoms with Crippen LogP contribution in [0.1, 0.15) is 46.0 Å². The second-order valence-corrected chi connectivity index (χ2v) is 6.18. The van der Waals surface area contributed by atoms with Gasteiger partial charge >= 0.3 is 0 Å². The van der Waals surface area contributed by atoms with Crippen LogP contribution < -0.4 is 0 Å². The summed E-state index contributed by atoms with van der Waals surface area (Å²) < 4.78 is 5.74. The lowest BCUT2D eigenvalue weighted by Gasteiger charge is -2.46. The Morgan fingerprint density at radius 2 is 2.25 bits per heavy atom. The Morgan fingerprint density at radius 3 is 2.94 bits per heavy atom. The molecule has 2 nitrogen and oxygen atoms in total. The molecule has 3 fully saturated rings. The molecule has 0 spiro atoms. The van der Waals surface area contributed by atoms with Crippen molar-refractivity contribution < 1.29 is 9.53 Å². The SMILES string of the molecule is C=C1CCC[C@@]2(C)C[C@@H]3O[C@]3(C(C)=O)CC12. The highest BCUT2D eigenvalue weighted by Gasteiger charge is 2.67. The van der Waals surface area contributed by atoms with Gasteiger partial charge in [-0.05, 0) is 50.4 Å². The van der Waals surface area contributed by atoms with Crippen molar-refractivity contribution in [3.8, 4) is 0 Å². The third-order valence-electron chi connectivity index (χ3n) is 5.15. The number of fused-ring (bicyclic) bond motifs is 2. The van der Waals surface area contributed by atoms with E-state index in [-0.39, 0.29) is 11.9 Å². The molecule has 0 aromatic rings. The third kappa shape index (κ3) is 1.20. The molecular formula is C14H20O2. The first kappa shape index (κ1) is 10.5. The lowest BCUT2D eigenvalue weighted by atomic mass is 9.56. The maximum absolute atomic E-state index is 11.7. The van der Waals surface area contributed by atoms with Crippen LogP contribution in [-0.4, -0.2) is 17.5 Å². The standard InChI is InChI=1S/C14H20O2/c1-9-5-4-6-13(3)8-12-14(16-12,10(2)15)7-11(9)13/h11-12H,1,4-8H2,2-3H3/t11?,12-,13-,14-/m0/s1. The minimum absolute atomic E-state index is 0.206. The van der Waals surface area contributed by atoms with Crippen molar-refractivity contribution in [1.82, 2.24) is 0 Å². The monoisotopic (exact) mass is 220 g/mol. The summed E-state index contributed by atoms with van der Waals surface area (Å²) in [6.07, 6.45) is 5.81. The van der Waals surface area contributed by atoms with Crippen LogP contribution in [0.15, 0.2) is 12.2 Å². The van der Waals surface area contributed by atoms with Crippen molar-refractivity contribution in [3.63, 3.8) is 0 Å². The summed E-state index contributed by atoms with van der Waals surface area (Å²) in [5.74, 6) is 0.724. The van der Waals surface area contributed by atoms with Gasteiger partial charge in [-0.3, -0.25) is 4.79 Å². The molecule has 88 valence electrons. The van der Waals surface area contributed by atoms with Crippen molar-refractivity contribution in [1.29, 1.82) is 0 Å². The van der Waals surface area contributed by atoms with Crippen LogP contribution in [0.2, 0.25) is 0 Å². The minimum Gasteiger partial charge on any atom is -0.358 e. The summed E-state index contributed by atoms with van der Waals surface area (Å²) in [5.41, 5.74) is 1.28. The molecule has 0 amide bonds. The average molecular weight is 220 g/mol. The summed E-state index contributed by atoms with van der Waals surface area (Å²) in [7, 11) is 0. The molecule has 1 saturated heterocycles. The molecule has 4 atom stereocenters. The molecule has 2 aliphatic carbocycles. The molecule has 1 aliphatic heterocycles.